The van der Waals surface area contributed by atoms with Gasteiger partial charge in [-0.15, -0.1) is 0 Å². The van der Waals surface area contributed by atoms with Gasteiger partial charge in [0, 0.05) is 65.6 Å². The zero-order chi connectivity index (χ0) is 57.0. The first kappa shape index (κ1) is 49.7. The fraction of sp³-hybridized carbons (Fsp3) is 0.0488. The van der Waals surface area contributed by atoms with Crippen molar-refractivity contribution in [1.29, 1.82) is 0 Å². The lowest BCUT2D eigenvalue weighted by atomic mass is 9.96. The minimum atomic E-state index is 0.944. The summed E-state index contributed by atoms with van der Waals surface area (Å²) in [5.74, 6) is 0. The van der Waals surface area contributed by atoms with Crippen molar-refractivity contribution in [1.82, 2.24) is 8.80 Å². The summed E-state index contributed by atoms with van der Waals surface area (Å²) >= 11 is 0. The molecule has 0 bridgehead atoms. The predicted octanol–water partition coefficient (Wildman–Crippen LogP) is 22.7. The Hall–Kier alpha value is -10.9. The molecule has 0 spiro atoms. The second kappa shape index (κ2) is 19.9. The van der Waals surface area contributed by atoms with E-state index < -0.39 is 0 Å². The van der Waals surface area contributed by atoms with Crippen molar-refractivity contribution in [2.45, 2.75) is 26.7 Å². The van der Waals surface area contributed by atoms with Crippen molar-refractivity contribution in [2.75, 3.05) is 9.80 Å². The maximum Gasteiger partial charge on any atom is 0.0641 e. The second-order valence-corrected chi connectivity index (χ2v) is 22.9. The van der Waals surface area contributed by atoms with Gasteiger partial charge in [-0.1, -0.05) is 220 Å². The van der Waals surface area contributed by atoms with Crippen LogP contribution in [-0.2, 0) is 12.8 Å². The number of hydrogen-bond donors (Lipinski definition) is 0. The number of aromatic nitrogens is 2. The second-order valence-electron chi connectivity index (χ2n) is 22.9. The Balaban J connectivity index is 0.930. The minimum Gasteiger partial charge on any atom is -0.309 e. The molecule has 0 aliphatic carbocycles. The van der Waals surface area contributed by atoms with Gasteiger partial charge in [0.05, 0.1) is 55.8 Å². The average Bonchev–Trinajstić information content (AvgIpc) is 1.55. The molecule has 0 amide bonds. The van der Waals surface area contributed by atoms with Crippen LogP contribution in [0.3, 0.4) is 0 Å². The first-order chi connectivity index (χ1) is 42.6. The van der Waals surface area contributed by atoms with Crippen LogP contribution in [0.4, 0.5) is 34.1 Å². The van der Waals surface area contributed by atoms with Gasteiger partial charge in [-0.25, -0.2) is 0 Å². The molecule has 0 fully saturated rings. The van der Waals surface area contributed by atoms with E-state index in [2.05, 4.69) is 324 Å². The van der Waals surface area contributed by atoms with Crippen LogP contribution in [0.1, 0.15) is 25.0 Å². The monoisotopic (exact) mass is 1100 g/mol. The third-order valence-electron chi connectivity index (χ3n) is 18.3. The fourth-order valence-electron chi connectivity index (χ4n) is 14.3. The summed E-state index contributed by atoms with van der Waals surface area (Å²) in [4.78, 5) is 5.07. The van der Waals surface area contributed by atoms with E-state index in [0.29, 0.717) is 0 Å². The average molecular weight is 1100 g/mol. The molecule has 0 saturated carbocycles. The normalized spacial score (nSPS) is 11.9. The van der Waals surface area contributed by atoms with Crippen LogP contribution >= 0.6 is 0 Å². The van der Waals surface area contributed by atoms with Crippen LogP contribution in [0.25, 0.3) is 121 Å². The zero-order valence-corrected chi connectivity index (χ0v) is 47.9. The van der Waals surface area contributed by atoms with Gasteiger partial charge in [0.15, 0.2) is 0 Å². The van der Waals surface area contributed by atoms with Gasteiger partial charge in [-0.05, 0) is 142 Å². The van der Waals surface area contributed by atoms with Gasteiger partial charge < -0.3 is 18.6 Å². The Kier molecular flexibility index (Phi) is 11.5. The highest BCUT2D eigenvalue weighted by atomic mass is 15.2. The maximum atomic E-state index is 2.57. The Morgan fingerprint density at radius 2 is 0.616 bits per heavy atom. The van der Waals surface area contributed by atoms with E-state index in [4.69, 9.17) is 0 Å². The molecule has 4 heterocycles. The van der Waals surface area contributed by atoms with E-state index >= 15 is 0 Å². The number of hydrogen-bond acceptors (Lipinski definition) is 2. The molecule has 86 heavy (non-hydrogen) atoms. The molecule has 4 aromatic heterocycles. The van der Waals surface area contributed by atoms with Crippen LogP contribution in [-0.4, -0.2) is 8.80 Å². The van der Waals surface area contributed by atoms with Gasteiger partial charge in [-0.3, -0.25) is 0 Å². The highest BCUT2D eigenvalue weighted by Crippen LogP contribution is 2.53. The quantitative estimate of drug-likeness (QED) is 0.121. The molecular weight excluding hydrogens is 1040 g/mol. The van der Waals surface area contributed by atoms with Gasteiger partial charge >= 0.3 is 0 Å². The molecule has 0 unspecified atom stereocenters. The molecular formula is C82H58N4. The molecule has 4 nitrogen and oxygen atoms in total. The highest BCUT2D eigenvalue weighted by Gasteiger charge is 2.30. The van der Waals surface area contributed by atoms with Gasteiger partial charge in [0.2, 0.25) is 0 Å². The van der Waals surface area contributed by atoms with Crippen LogP contribution in [0, 0.1) is 0 Å². The van der Waals surface area contributed by atoms with E-state index in [1.54, 1.807) is 0 Å². The van der Waals surface area contributed by atoms with Crippen LogP contribution in [0.5, 0.6) is 0 Å². The third-order valence-corrected chi connectivity index (χ3v) is 18.3. The maximum absolute atomic E-state index is 2.57. The largest absolute Gasteiger partial charge is 0.309 e. The lowest BCUT2D eigenvalue weighted by Crippen LogP contribution is -2.12. The summed E-state index contributed by atoms with van der Waals surface area (Å²) in [5, 5.41) is 9.85. The molecule has 0 atom stereocenters. The van der Waals surface area contributed by atoms with Gasteiger partial charge in [0.1, 0.15) is 0 Å². The number of fused-ring (bicyclic) bond motifs is 12. The van der Waals surface area contributed by atoms with Crippen molar-refractivity contribution in [3.8, 4) is 44.5 Å². The van der Waals surface area contributed by atoms with E-state index in [1.165, 1.54) is 132 Å². The number of nitrogens with zero attached hydrogens (tertiary/aromatic N) is 4. The zero-order valence-electron chi connectivity index (χ0n) is 47.9. The summed E-state index contributed by atoms with van der Waals surface area (Å²) in [7, 11) is 0. The molecule has 0 N–H and O–H groups in total. The van der Waals surface area contributed by atoms with E-state index in [9.17, 15) is 0 Å². The number of rotatable bonds is 12. The van der Waals surface area contributed by atoms with Gasteiger partial charge in [0.25, 0.3) is 0 Å². The van der Waals surface area contributed by atoms with Crippen molar-refractivity contribution >= 4 is 110 Å². The third kappa shape index (κ3) is 7.62. The Morgan fingerprint density at radius 3 is 1.02 bits per heavy atom. The number of aryl methyl sites for hydroxylation is 2. The summed E-state index contributed by atoms with van der Waals surface area (Å²) in [6.07, 6.45) is 1.89. The molecule has 13 aromatic carbocycles. The van der Waals surface area contributed by atoms with Crippen LogP contribution < -0.4 is 9.80 Å². The van der Waals surface area contributed by atoms with E-state index in [-0.39, 0.29) is 0 Å². The molecule has 17 rings (SSSR count). The van der Waals surface area contributed by atoms with Crippen LogP contribution in [0.15, 0.2) is 291 Å². The van der Waals surface area contributed by atoms with Crippen molar-refractivity contribution in [3.05, 3.63) is 302 Å². The van der Waals surface area contributed by atoms with Crippen LogP contribution in [0.2, 0.25) is 0 Å². The topological polar surface area (TPSA) is 15.3 Å². The summed E-state index contributed by atoms with van der Waals surface area (Å²) in [6, 6.07) is 108. The first-order valence-electron chi connectivity index (χ1n) is 30.2. The predicted molar refractivity (Wildman–Crippen MR) is 366 cm³/mol. The van der Waals surface area contributed by atoms with E-state index in [1.807, 2.05) is 0 Å². The summed E-state index contributed by atoms with van der Waals surface area (Å²) < 4.78 is 5.14. The highest BCUT2D eigenvalue weighted by molar-refractivity contribution is 6.32. The van der Waals surface area contributed by atoms with Crippen molar-refractivity contribution < 1.29 is 0 Å². The van der Waals surface area contributed by atoms with Crippen molar-refractivity contribution in [2.24, 2.45) is 0 Å². The van der Waals surface area contributed by atoms with Gasteiger partial charge in [-0.2, -0.15) is 0 Å². The Labute approximate surface area is 499 Å². The summed E-state index contributed by atoms with van der Waals surface area (Å²) in [6.45, 7) is 4.50. The summed E-state index contributed by atoms with van der Waals surface area (Å²) in [5.41, 5.74) is 26.1. The molecule has 0 radical (unpaired) electrons. The van der Waals surface area contributed by atoms with Crippen molar-refractivity contribution in [3.63, 3.8) is 0 Å². The minimum absolute atomic E-state index is 0.944. The van der Waals surface area contributed by atoms with E-state index in [0.717, 1.165) is 47.0 Å². The Bertz CT molecular complexity index is 5090. The molecule has 17 aromatic rings. The number of anilines is 6. The molecule has 0 aliphatic rings. The Morgan fingerprint density at radius 1 is 0.256 bits per heavy atom. The molecule has 4 heteroatoms. The molecule has 0 aliphatic heterocycles. The SMILES string of the molecule is CCc1ccc(N(c2cccc(-c3ccccc3)c2)c2ccc3c4cc5c(cc4n4c6ccccc6c2c34)c2ccc(N(c3cccc(-c4ccccc4)c3)c3ccc(CC)cc3-c3ccccc3)c3c4ccccc4n5c23)c(-c2ccccc2)c1. The smallest absolute Gasteiger partial charge is 0.0641 e. The lowest BCUT2D eigenvalue weighted by molar-refractivity contribution is 1.14. The standard InChI is InChI=1S/C82H58N4/c1-3-53-39-43-73(67(47-53)57-27-13-7-14-28-57)83(61-33-21-31-59(49-61)55-23-9-5-10-24-55)75-45-41-63-69-51-78-70(52-77(69)85-71-37-19-17-35-65(71)79(75)81(63)85)64-42-46-76(80-66-36-18-20-38-72(66)86(78)82(64)80)84(62-34-22-32-60(50-62)56-25-11-6-12-26-56)74-44-40-54(4-2)48-68(74)58-29-15-8-16-30-58/h5-52H,3-4H2,1-2H3. The number of para-hydroxylation sites is 2. The lowest BCUT2D eigenvalue weighted by Gasteiger charge is -2.29. The molecule has 0 saturated heterocycles. The molecule has 406 valence electrons. The first-order valence-corrected chi connectivity index (χ1v) is 30.2. The number of benzene rings is 13. The fourth-order valence-corrected chi connectivity index (χ4v) is 14.3.